The number of amides is 2. The summed E-state index contributed by atoms with van der Waals surface area (Å²) in [6, 6.07) is 21.3. The van der Waals surface area contributed by atoms with Gasteiger partial charge in [0.2, 0.25) is 0 Å². The molecule has 0 heterocycles. The quantitative estimate of drug-likeness (QED) is 0.173. The SMILES string of the molecule is COC(=O)/C=C/C(=O)N(O)CCCN(C)Cc1ccc(COC(=O)Nc2cccc3ccccc23)cc1. The van der Waals surface area contributed by atoms with Crippen molar-refractivity contribution < 1.29 is 29.1 Å². The van der Waals surface area contributed by atoms with Crippen LogP contribution in [0.5, 0.6) is 0 Å². The molecule has 2 amide bonds. The number of hydrogen-bond donors (Lipinski definition) is 2. The van der Waals surface area contributed by atoms with Crippen LogP contribution in [0.1, 0.15) is 17.5 Å². The Morgan fingerprint density at radius 3 is 2.38 bits per heavy atom. The molecule has 0 spiro atoms. The van der Waals surface area contributed by atoms with Crippen LogP contribution >= 0.6 is 0 Å². The van der Waals surface area contributed by atoms with Gasteiger partial charge in [0.1, 0.15) is 6.61 Å². The lowest BCUT2D eigenvalue weighted by Gasteiger charge is -2.19. The molecule has 2 N–H and O–H groups in total. The number of hydroxylamine groups is 2. The molecular formula is C28H31N3O6. The summed E-state index contributed by atoms with van der Waals surface area (Å²) < 4.78 is 9.79. The molecule has 3 aromatic rings. The molecule has 0 saturated carbocycles. The van der Waals surface area contributed by atoms with E-state index in [1.165, 1.54) is 7.11 Å². The van der Waals surface area contributed by atoms with Crippen molar-refractivity contribution in [3.8, 4) is 0 Å². The Morgan fingerprint density at radius 2 is 1.62 bits per heavy atom. The van der Waals surface area contributed by atoms with Crippen molar-refractivity contribution in [3.63, 3.8) is 0 Å². The summed E-state index contributed by atoms with van der Waals surface area (Å²) >= 11 is 0. The number of nitrogens with zero attached hydrogens (tertiary/aromatic N) is 2. The number of carbonyl (C=O) groups excluding carboxylic acids is 3. The van der Waals surface area contributed by atoms with Crippen molar-refractivity contribution in [2.24, 2.45) is 0 Å². The van der Waals surface area contributed by atoms with Gasteiger partial charge in [0, 0.05) is 30.6 Å². The molecule has 0 radical (unpaired) electrons. The molecule has 3 aromatic carbocycles. The van der Waals surface area contributed by atoms with Crippen LogP contribution in [0.3, 0.4) is 0 Å². The van der Waals surface area contributed by atoms with E-state index in [0.717, 1.165) is 34.1 Å². The summed E-state index contributed by atoms with van der Waals surface area (Å²) in [5, 5.41) is 15.1. The van der Waals surface area contributed by atoms with E-state index in [0.29, 0.717) is 30.3 Å². The first-order valence-electron chi connectivity index (χ1n) is 11.8. The predicted molar refractivity (Wildman–Crippen MR) is 140 cm³/mol. The third-order valence-corrected chi connectivity index (χ3v) is 5.60. The molecule has 0 atom stereocenters. The number of methoxy groups -OCH3 is 1. The van der Waals surface area contributed by atoms with Crippen LogP contribution in [0.2, 0.25) is 0 Å². The maximum atomic E-state index is 12.3. The molecule has 9 nitrogen and oxygen atoms in total. The van der Waals surface area contributed by atoms with E-state index in [4.69, 9.17) is 4.74 Å². The first kappa shape index (κ1) is 27.4. The summed E-state index contributed by atoms with van der Waals surface area (Å²) in [6.07, 6.45) is 1.96. The molecule has 0 aromatic heterocycles. The van der Waals surface area contributed by atoms with E-state index < -0.39 is 18.0 Å². The second-order valence-electron chi connectivity index (χ2n) is 8.45. The van der Waals surface area contributed by atoms with Gasteiger partial charge in [-0.05, 0) is 42.6 Å². The Morgan fingerprint density at radius 1 is 0.919 bits per heavy atom. The highest BCUT2D eigenvalue weighted by Gasteiger charge is 2.10. The summed E-state index contributed by atoms with van der Waals surface area (Å²) in [4.78, 5) is 37.1. The highest BCUT2D eigenvalue weighted by molar-refractivity contribution is 6.00. The van der Waals surface area contributed by atoms with Crippen LogP contribution in [0.25, 0.3) is 10.8 Å². The molecule has 0 fully saturated rings. The van der Waals surface area contributed by atoms with Crippen molar-refractivity contribution in [2.75, 3.05) is 32.6 Å². The molecule has 37 heavy (non-hydrogen) atoms. The first-order chi connectivity index (χ1) is 17.9. The second-order valence-corrected chi connectivity index (χ2v) is 8.45. The van der Waals surface area contributed by atoms with Gasteiger partial charge in [-0.15, -0.1) is 0 Å². The van der Waals surface area contributed by atoms with Crippen LogP contribution in [0, 0.1) is 0 Å². The molecule has 0 unspecified atom stereocenters. The number of anilines is 1. The zero-order chi connectivity index (χ0) is 26.6. The van der Waals surface area contributed by atoms with Gasteiger partial charge in [0.15, 0.2) is 0 Å². The minimum absolute atomic E-state index is 0.131. The van der Waals surface area contributed by atoms with Gasteiger partial charge < -0.3 is 14.4 Å². The van der Waals surface area contributed by atoms with Crippen molar-refractivity contribution >= 4 is 34.4 Å². The van der Waals surface area contributed by atoms with E-state index in [1.54, 1.807) is 0 Å². The summed E-state index contributed by atoms with van der Waals surface area (Å²) in [5.41, 5.74) is 2.64. The van der Waals surface area contributed by atoms with E-state index >= 15 is 0 Å². The highest BCUT2D eigenvalue weighted by atomic mass is 16.5. The number of esters is 1. The lowest BCUT2D eigenvalue weighted by molar-refractivity contribution is -0.159. The lowest BCUT2D eigenvalue weighted by atomic mass is 10.1. The van der Waals surface area contributed by atoms with Gasteiger partial charge in [-0.2, -0.15) is 0 Å². The summed E-state index contributed by atoms with van der Waals surface area (Å²) in [7, 11) is 3.15. The maximum absolute atomic E-state index is 12.3. The zero-order valence-corrected chi connectivity index (χ0v) is 20.9. The smallest absolute Gasteiger partial charge is 0.411 e. The van der Waals surface area contributed by atoms with E-state index in [2.05, 4.69) is 15.0 Å². The van der Waals surface area contributed by atoms with Crippen molar-refractivity contribution in [1.82, 2.24) is 9.96 Å². The Kier molecular flexibility index (Phi) is 10.2. The minimum atomic E-state index is -0.684. The molecule has 194 valence electrons. The zero-order valence-electron chi connectivity index (χ0n) is 20.9. The van der Waals surface area contributed by atoms with E-state index in [1.807, 2.05) is 73.8 Å². The molecule has 3 rings (SSSR count). The molecule has 0 aliphatic rings. The predicted octanol–water partition coefficient (Wildman–Crippen LogP) is 4.36. The molecule has 0 saturated heterocycles. The Hall–Kier alpha value is -4.21. The van der Waals surface area contributed by atoms with Gasteiger partial charge in [-0.3, -0.25) is 15.3 Å². The van der Waals surface area contributed by atoms with E-state index in [9.17, 15) is 19.6 Å². The largest absolute Gasteiger partial charge is 0.466 e. The second kappa shape index (κ2) is 13.8. The number of hydrogen-bond acceptors (Lipinski definition) is 7. The third-order valence-electron chi connectivity index (χ3n) is 5.60. The van der Waals surface area contributed by atoms with Crippen molar-refractivity contribution in [2.45, 2.75) is 19.6 Å². The number of fused-ring (bicyclic) bond motifs is 1. The third kappa shape index (κ3) is 8.75. The monoisotopic (exact) mass is 505 g/mol. The fourth-order valence-corrected chi connectivity index (χ4v) is 3.65. The average molecular weight is 506 g/mol. The van der Waals surface area contributed by atoms with Crippen molar-refractivity contribution in [1.29, 1.82) is 0 Å². The Balaban J connectivity index is 1.39. The first-order valence-corrected chi connectivity index (χ1v) is 11.8. The number of rotatable bonds is 11. The average Bonchev–Trinajstić information content (AvgIpc) is 2.91. The number of nitrogens with one attached hydrogen (secondary N) is 1. The number of ether oxygens (including phenoxy) is 2. The number of carbonyl (C=O) groups is 3. The van der Waals surface area contributed by atoms with Crippen LogP contribution in [-0.2, 0) is 32.2 Å². The lowest BCUT2D eigenvalue weighted by Crippen LogP contribution is -2.29. The van der Waals surface area contributed by atoms with Crippen LogP contribution < -0.4 is 5.32 Å². The van der Waals surface area contributed by atoms with Crippen LogP contribution in [0.4, 0.5) is 10.5 Å². The highest BCUT2D eigenvalue weighted by Crippen LogP contribution is 2.23. The summed E-state index contributed by atoms with van der Waals surface area (Å²) in [5.74, 6) is -1.35. The fraction of sp³-hybridized carbons (Fsp3) is 0.250. The molecule has 9 heteroatoms. The van der Waals surface area contributed by atoms with Gasteiger partial charge in [-0.1, -0.05) is 60.7 Å². The standard InChI is InChI=1S/C28H31N3O6/c1-30(17-6-18-31(35)26(32)15-16-27(33)36-2)19-21-11-13-22(14-12-21)20-37-28(34)29-25-10-5-8-23-7-3-4-9-24(23)25/h3-5,7-16,35H,6,17-20H2,1-2H3,(H,29,34)/b16-15+. The molecule has 0 aliphatic carbocycles. The van der Waals surface area contributed by atoms with Crippen LogP contribution in [0.15, 0.2) is 78.9 Å². The molecular weight excluding hydrogens is 474 g/mol. The van der Waals surface area contributed by atoms with Crippen LogP contribution in [-0.4, -0.2) is 60.4 Å². The number of benzene rings is 3. The van der Waals surface area contributed by atoms with Gasteiger partial charge >= 0.3 is 12.1 Å². The summed E-state index contributed by atoms with van der Waals surface area (Å²) in [6.45, 7) is 1.60. The van der Waals surface area contributed by atoms with Gasteiger partial charge in [-0.25, -0.2) is 14.7 Å². The Labute approximate surface area is 215 Å². The Bertz CT molecular complexity index is 1240. The maximum Gasteiger partial charge on any atom is 0.411 e. The topological polar surface area (TPSA) is 108 Å². The normalized spacial score (nSPS) is 11.0. The van der Waals surface area contributed by atoms with E-state index in [-0.39, 0.29) is 13.2 Å². The fourth-order valence-electron chi connectivity index (χ4n) is 3.65. The molecule has 0 aliphatic heterocycles. The molecule has 0 bridgehead atoms. The van der Waals surface area contributed by atoms with Crippen molar-refractivity contribution in [3.05, 3.63) is 90.0 Å². The van der Waals surface area contributed by atoms with Gasteiger partial charge in [0.05, 0.1) is 12.8 Å². The minimum Gasteiger partial charge on any atom is -0.466 e. The van der Waals surface area contributed by atoms with Gasteiger partial charge in [0.25, 0.3) is 5.91 Å².